The summed E-state index contributed by atoms with van der Waals surface area (Å²) < 4.78 is 5.19. The number of ether oxygens (including phenoxy) is 1. The molecule has 0 fully saturated rings. The number of benzene rings is 2. The van der Waals surface area contributed by atoms with Crippen molar-refractivity contribution in [1.82, 2.24) is 9.97 Å². The first-order valence-corrected chi connectivity index (χ1v) is 8.69. The summed E-state index contributed by atoms with van der Waals surface area (Å²) in [5.74, 6) is 1.44. The second-order valence-electron chi connectivity index (χ2n) is 6.37. The zero-order valence-electron chi connectivity index (χ0n) is 15.6. The van der Waals surface area contributed by atoms with Gasteiger partial charge in [0.25, 0.3) is 5.91 Å². The van der Waals surface area contributed by atoms with E-state index < -0.39 is 0 Å². The molecular weight excluding hydrogens is 340 g/mol. The van der Waals surface area contributed by atoms with Crippen LogP contribution in [0.25, 0.3) is 0 Å². The molecule has 0 aliphatic rings. The standard InChI is InChI=1S/C21H22N4O2/c1-14(2)15-7-9-16(10-8-15)25-21(26)19-12-23-20(13-22-19)24-17-5-4-6-18(11-17)27-3/h4-14H,1-3H3,(H,23,24)(H,25,26). The Morgan fingerprint density at radius 1 is 1.00 bits per heavy atom. The number of rotatable bonds is 6. The summed E-state index contributed by atoms with van der Waals surface area (Å²) in [7, 11) is 1.61. The molecule has 0 bridgehead atoms. The molecule has 138 valence electrons. The largest absolute Gasteiger partial charge is 0.497 e. The van der Waals surface area contributed by atoms with Gasteiger partial charge < -0.3 is 15.4 Å². The summed E-state index contributed by atoms with van der Waals surface area (Å²) in [5.41, 5.74) is 3.02. The minimum absolute atomic E-state index is 0.249. The average molecular weight is 362 g/mol. The van der Waals surface area contributed by atoms with E-state index in [0.29, 0.717) is 11.7 Å². The number of methoxy groups -OCH3 is 1. The zero-order chi connectivity index (χ0) is 19.2. The van der Waals surface area contributed by atoms with E-state index in [-0.39, 0.29) is 11.6 Å². The third kappa shape index (κ3) is 4.82. The van der Waals surface area contributed by atoms with Gasteiger partial charge in [-0.3, -0.25) is 4.79 Å². The van der Waals surface area contributed by atoms with Crippen LogP contribution >= 0.6 is 0 Å². The lowest BCUT2D eigenvalue weighted by atomic mass is 10.0. The predicted molar refractivity (Wildman–Crippen MR) is 107 cm³/mol. The molecule has 0 aliphatic carbocycles. The van der Waals surface area contributed by atoms with Crippen molar-refractivity contribution in [3.63, 3.8) is 0 Å². The van der Waals surface area contributed by atoms with Gasteiger partial charge in [-0.05, 0) is 35.7 Å². The van der Waals surface area contributed by atoms with Crippen LogP contribution in [0.4, 0.5) is 17.2 Å². The molecule has 2 aromatic carbocycles. The van der Waals surface area contributed by atoms with Crippen LogP contribution in [0, 0.1) is 0 Å². The fourth-order valence-electron chi connectivity index (χ4n) is 2.51. The number of amides is 1. The van der Waals surface area contributed by atoms with E-state index in [9.17, 15) is 4.79 Å². The van der Waals surface area contributed by atoms with Gasteiger partial charge in [0.05, 0.1) is 19.5 Å². The summed E-state index contributed by atoms with van der Waals surface area (Å²) in [6.45, 7) is 4.26. The quantitative estimate of drug-likeness (QED) is 0.670. The van der Waals surface area contributed by atoms with Crippen LogP contribution in [-0.4, -0.2) is 23.0 Å². The summed E-state index contributed by atoms with van der Waals surface area (Å²) in [6.07, 6.45) is 2.97. The average Bonchev–Trinajstić information content (AvgIpc) is 2.69. The number of nitrogens with one attached hydrogen (secondary N) is 2. The Bertz CT molecular complexity index is 906. The van der Waals surface area contributed by atoms with E-state index in [1.54, 1.807) is 7.11 Å². The molecule has 27 heavy (non-hydrogen) atoms. The van der Waals surface area contributed by atoms with Crippen molar-refractivity contribution in [3.05, 3.63) is 72.2 Å². The van der Waals surface area contributed by atoms with E-state index in [1.165, 1.54) is 18.0 Å². The van der Waals surface area contributed by atoms with Crippen molar-refractivity contribution in [2.75, 3.05) is 17.7 Å². The van der Waals surface area contributed by atoms with Crippen molar-refractivity contribution in [2.45, 2.75) is 19.8 Å². The number of carbonyl (C=O) groups excluding carboxylic acids is 1. The Balaban J connectivity index is 1.64. The van der Waals surface area contributed by atoms with Crippen molar-refractivity contribution >= 4 is 23.1 Å². The summed E-state index contributed by atoms with van der Waals surface area (Å²) in [4.78, 5) is 20.8. The minimum atomic E-state index is -0.298. The van der Waals surface area contributed by atoms with E-state index in [0.717, 1.165) is 17.1 Å². The highest BCUT2D eigenvalue weighted by Gasteiger charge is 2.09. The third-order valence-electron chi connectivity index (χ3n) is 4.06. The topological polar surface area (TPSA) is 76.1 Å². The molecule has 0 unspecified atom stereocenters. The molecular formula is C21H22N4O2. The van der Waals surface area contributed by atoms with Crippen LogP contribution in [0.2, 0.25) is 0 Å². The van der Waals surface area contributed by atoms with Gasteiger partial charge in [0.1, 0.15) is 17.3 Å². The first-order valence-electron chi connectivity index (χ1n) is 8.69. The van der Waals surface area contributed by atoms with Crippen molar-refractivity contribution in [3.8, 4) is 5.75 Å². The smallest absolute Gasteiger partial charge is 0.275 e. The van der Waals surface area contributed by atoms with Crippen LogP contribution in [0.5, 0.6) is 5.75 Å². The van der Waals surface area contributed by atoms with Gasteiger partial charge in [0, 0.05) is 17.4 Å². The summed E-state index contributed by atoms with van der Waals surface area (Å²) >= 11 is 0. The van der Waals surface area contributed by atoms with Crippen LogP contribution < -0.4 is 15.4 Å². The Kier molecular flexibility index (Phi) is 5.66. The van der Waals surface area contributed by atoms with Crippen LogP contribution in [-0.2, 0) is 0 Å². The molecule has 6 nitrogen and oxygen atoms in total. The fraction of sp³-hybridized carbons (Fsp3) is 0.190. The Morgan fingerprint density at radius 3 is 2.41 bits per heavy atom. The van der Waals surface area contributed by atoms with Gasteiger partial charge in [0.2, 0.25) is 0 Å². The van der Waals surface area contributed by atoms with Gasteiger partial charge >= 0.3 is 0 Å². The zero-order valence-corrected chi connectivity index (χ0v) is 15.6. The predicted octanol–water partition coefficient (Wildman–Crippen LogP) is 4.60. The lowest BCUT2D eigenvalue weighted by Crippen LogP contribution is -2.14. The number of hydrogen-bond donors (Lipinski definition) is 2. The van der Waals surface area contributed by atoms with E-state index in [4.69, 9.17) is 4.74 Å². The molecule has 3 aromatic rings. The molecule has 0 saturated heterocycles. The second kappa shape index (κ2) is 8.31. The highest BCUT2D eigenvalue weighted by molar-refractivity contribution is 6.02. The molecule has 3 rings (SSSR count). The number of hydrogen-bond acceptors (Lipinski definition) is 5. The molecule has 1 aromatic heterocycles. The maximum absolute atomic E-state index is 12.3. The normalized spacial score (nSPS) is 10.5. The number of aromatic nitrogens is 2. The molecule has 0 atom stereocenters. The Hall–Kier alpha value is -3.41. The number of carbonyl (C=O) groups is 1. The lowest BCUT2D eigenvalue weighted by molar-refractivity contribution is 0.102. The first-order chi connectivity index (χ1) is 13.0. The monoisotopic (exact) mass is 362 g/mol. The SMILES string of the molecule is COc1cccc(Nc2cnc(C(=O)Nc3ccc(C(C)C)cc3)cn2)c1. The molecule has 0 spiro atoms. The molecule has 0 saturated carbocycles. The van der Waals surface area contributed by atoms with Gasteiger partial charge in [0.15, 0.2) is 0 Å². The van der Waals surface area contributed by atoms with Gasteiger partial charge in [-0.2, -0.15) is 0 Å². The van der Waals surface area contributed by atoms with Crippen LogP contribution in [0.1, 0.15) is 35.8 Å². The second-order valence-corrected chi connectivity index (χ2v) is 6.37. The van der Waals surface area contributed by atoms with Crippen LogP contribution in [0.15, 0.2) is 60.9 Å². The van der Waals surface area contributed by atoms with E-state index in [1.807, 2.05) is 48.5 Å². The maximum Gasteiger partial charge on any atom is 0.275 e. The summed E-state index contributed by atoms with van der Waals surface area (Å²) in [5, 5.41) is 5.96. The molecule has 0 radical (unpaired) electrons. The number of nitrogens with zero attached hydrogens (tertiary/aromatic N) is 2. The van der Waals surface area contributed by atoms with E-state index >= 15 is 0 Å². The molecule has 6 heteroatoms. The lowest BCUT2D eigenvalue weighted by Gasteiger charge is -2.09. The number of anilines is 3. The van der Waals surface area contributed by atoms with E-state index in [2.05, 4.69) is 34.4 Å². The first kappa shape index (κ1) is 18.4. The molecule has 1 heterocycles. The maximum atomic E-state index is 12.3. The van der Waals surface area contributed by atoms with Crippen molar-refractivity contribution in [1.29, 1.82) is 0 Å². The fourth-order valence-corrected chi connectivity index (χ4v) is 2.51. The van der Waals surface area contributed by atoms with Crippen molar-refractivity contribution < 1.29 is 9.53 Å². The highest BCUT2D eigenvalue weighted by atomic mass is 16.5. The van der Waals surface area contributed by atoms with Crippen molar-refractivity contribution in [2.24, 2.45) is 0 Å². The van der Waals surface area contributed by atoms with Gasteiger partial charge in [-0.15, -0.1) is 0 Å². The molecule has 2 N–H and O–H groups in total. The Morgan fingerprint density at radius 2 is 1.78 bits per heavy atom. The molecule has 0 aliphatic heterocycles. The van der Waals surface area contributed by atoms with Gasteiger partial charge in [-0.1, -0.05) is 32.0 Å². The van der Waals surface area contributed by atoms with Gasteiger partial charge in [-0.25, -0.2) is 9.97 Å². The molecule has 1 amide bonds. The summed E-state index contributed by atoms with van der Waals surface area (Å²) in [6, 6.07) is 15.3. The highest BCUT2D eigenvalue weighted by Crippen LogP contribution is 2.20. The Labute approximate surface area is 158 Å². The minimum Gasteiger partial charge on any atom is -0.497 e. The third-order valence-corrected chi connectivity index (χ3v) is 4.06. The van der Waals surface area contributed by atoms with Crippen LogP contribution in [0.3, 0.4) is 0 Å².